The molecule has 0 aliphatic rings. The van der Waals surface area contributed by atoms with Crippen LogP contribution in [-0.4, -0.2) is 142 Å². The van der Waals surface area contributed by atoms with E-state index in [9.17, 15) is 38.7 Å². The molecule has 0 saturated carbocycles. The quantitative estimate of drug-likeness (QED) is 0.0343. The topological polar surface area (TPSA) is 257 Å². The zero-order chi connectivity index (χ0) is 45.2. The van der Waals surface area contributed by atoms with Crippen LogP contribution in [-0.2, 0) is 52.5 Å². The number of rotatable bonds is 45. The lowest BCUT2D eigenvalue weighted by Crippen LogP contribution is -2.41. The molecule has 0 aromatic heterocycles. The molecule has 3 atom stereocenters. The van der Waals surface area contributed by atoms with Gasteiger partial charge in [-0.15, -0.1) is 0 Å². The Balaban J connectivity index is 3.67. The average Bonchev–Trinajstić information content (AvgIpc) is 3.21. The molecule has 19 heteroatoms. The summed E-state index contributed by atoms with van der Waals surface area (Å²) in [6.45, 7) is 4.76. The predicted octanol–water partition coefficient (Wildman–Crippen LogP) is 3.24. The maximum Gasteiger partial charge on any atom is 0.326 e. The Morgan fingerprint density at radius 2 is 0.934 bits per heavy atom. The van der Waals surface area contributed by atoms with Crippen LogP contribution in [0.2, 0.25) is 0 Å². The lowest BCUT2D eigenvalue weighted by molar-refractivity contribution is -0.142. The van der Waals surface area contributed by atoms with Gasteiger partial charge in [-0.05, 0) is 45.1 Å². The Hall–Kier alpha value is -3.28. The molecule has 0 aromatic carbocycles. The summed E-state index contributed by atoms with van der Waals surface area (Å²) < 4.78 is 21.4. The molecule has 0 aromatic rings. The van der Waals surface area contributed by atoms with Crippen molar-refractivity contribution in [1.29, 1.82) is 0 Å². The van der Waals surface area contributed by atoms with Crippen molar-refractivity contribution in [3.63, 3.8) is 0 Å². The van der Waals surface area contributed by atoms with E-state index in [0.29, 0.717) is 13.0 Å². The van der Waals surface area contributed by atoms with Gasteiger partial charge in [-0.3, -0.25) is 28.8 Å². The van der Waals surface area contributed by atoms with Crippen molar-refractivity contribution in [3.8, 4) is 0 Å². The standard InChI is InChI=1S/C42H78N5O13P/c1-2-43-35(42(56)61)18-16-17-23-44-38(50)32-59-30-29-58-27-25-46-39(51)33-60-31-28-57-26-24-45-36(48)22-21-34(41(54)55)47-37(49)19-14-12-10-8-6-4-3-5-7-9-11-13-15-20-40(52)53/h34-35,43H,2-33,61H2,1H3,(H,44,50)(H,45,48)(H,46,51)(H,47,49)(H,52,53)(H,54,55)/t34-,35-/m0/s1. The summed E-state index contributed by atoms with van der Waals surface area (Å²) in [4.78, 5) is 82.0. The summed E-state index contributed by atoms with van der Waals surface area (Å²) in [7, 11) is 2.20. The molecular weight excluding hydrogens is 813 g/mol. The van der Waals surface area contributed by atoms with E-state index in [1.54, 1.807) is 0 Å². The number of carbonyl (C=O) groups excluding carboxylic acids is 5. The third-order valence-electron chi connectivity index (χ3n) is 9.47. The van der Waals surface area contributed by atoms with E-state index in [-0.39, 0.29) is 127 Å². The summed E-state index contributed by atoms with van der Waals surface area (Å²) in [6, 6.07) is -1.32. The van der Waals surface area contributed by atoms with E-state index >= 15 is 0 Å². The number of carboxylic acid groups (broad SMARTS) is 2. The first-order valence-electron chi connectivity index (χ1n) is 22.3. The van der Waals surface area contributed by atoms with Crippen LogP contribution in [0.3, 0.4) is 0 Å². The molecule has 0 fully saturated rings. The number of ether oxygens (including phenoxy) is 4. The minimum Gasteiger partial charge on any atom is -0.481 e. The van der Waals surface area contributed by atoms with Crippen molar-refractivity contribution in [2.45, 2.75) is 147 Å². The number of nitrogens with one attached hydrogen (secondary N) is 5. The normalized spacial score (nSPS) is 12.0. The minimum atomic E-state index is -1.19. The Bertz CT molecular complexity index is 1200. The zero-order valence-electron chi connectivity index (χ0n) is 36.7. The van der Waals surface area contributed by atoms with E-state index < -0.39 is 18.0 Å². The van der Waals surface area contributed by atoms with Gasteiger partial charge in [-0.2, -0.15) is 0 Å². The van der Waals surface area contributed by atoms with Gasteiger partial charge in [0.15, 0.2) is 5.52 Å². The third kappa shape index (κ3) is 40.5. The molecule has 0 aliphatic heterocycles. The van der Waals surface area contributed by atoms with Crippen LogP contribution < -0.4 is 26.6 Å². The van der Waals surface area contributed by atoms with Crippen molar-refractivity contribution in [1.82, 2.24) is 26.6 Å². The molecule has 1 unspecified atom stereocenters. The highest BCUT2D eigenvalue weighted by atomic mass is 31.0. The fraction of sp³-hybridized carbons (Fsp3) is 0.833. The minimum absolute atomic E-state index is 0.0282. The molecule has 7 N–H and O–H groups in total. The average molecular weight is 892 g/mol. The summed E-state index contributed by atoms with van der Waals surface area (Å²) >= 11 is 0. The molecule has 18 nitrogen and oxygen atoms in total. The van der Waals surface area contributed by atoms with E-state index in [2.05, 4.69) is 35.8 Å². The van der Waals surface area contributed by atoms with Gasteiger partial charge < -0.3 is 55.7 Å². The van der Waals surface area contributed by atoms with E-state index in [0.717, 1.165) is 77.2 Å². The number of carboxylic acids is 2. The maximum atomic E-state index is 12.3. The first kappa shape index (κ1) is 57.7. The lowest BCUT2D eigenvalue weighted by Gasteiger charge is -2.14. The molecule has 4 amide bonds. The predicted molar refractivity (Wildman–Crippen MR) is 234 cm³/mol. The number of hydrogen-bond donors (Lipinski definition) is 7. The van der Waals surface area contributed by atoms with Gasteiger partial charge in [0.1, 0.15) is 19.3 Å². The maximum absolute atomic E-state index is 12.3. The molecule has 0 spiro atoms. The molecular formula is C42H78N5O13P. The van der Waals surface area contributed by atoms with Gasteiger partial charge in [0.2, 0.25) is 23.6 Å². The fourth-order valence-corrected chi connectivity index (χ4v) is 6.37. The van der Waals surface area contributed by atoms with Gasteiger partial charge in [0.05, 0.1) is 45.7 Å². The van der Waals surface area contributed by atoms with Crippen molar-refractivity contribution in [2.75, 3.05) is 79.0 Å². The molecule has 0 bridgehead atoms. The van der Waals surface area contributed by atoms with Crippen molar-refractivity contribution < 1.29 is 62.7 Å². The molecule has 61 heavy (non-hydrogen) atoms. The smallest absolute Gasteiger partial charge is 0.326 e. The zero-order valence-corrected chi connectivity index (χ0v) is 37.9. The van der Waals surface area contributed by atoms with Crippen LogP contribution in [0.15, 0.2) is 0 Å². The Morgan fingerprint density at radius 1 is 0.475 bits per heavy atom. The second kappa shape index (κ2) is 42.0. The number of carbonyl (C=O) groups is 7. The summed E-state index contributed by atoms with van der Waals surface area (Å²) in [6.07, 6.45) is 16.4. The first-order chi connectivity index (χ1) is 29.5. The lowest BCUT2D eigenvalue weighted by atomic mass is 10.0. The van der Waals surface area contributed by atoms with E-state index in [1.165, 1.54) is 25.7 Å². The van der Waals surface area contributed by atoms with Crippen LogP contribution in [0.5, 0.6) is 0 Å². The second-order valence-electron chi connectivity index (χ2n) is 14.9. The summed E-state index contributed by atoms with van der Waals surface area (Å²) in [5, 5.41) is 31.9. The summed E-state index contributed by atoms with van der Waals surface area (Å²) in [5.41, 5.74) is 0.0357. The van der Waals surface area contributed by atoms with E-state index in [1.807, 2.05) is 6.92 Å². The summed E-state index contributed by atoms with van der Waals surface area (Å²) in [5.74, 6) is -3.13. The molecule has 354 valence electrons. The Kier molecular flexibility index (Phi) is 39.8. The Labute approximate surface area is 365 Å². The second-order valence-corrected chi connectivity index (χ2v) is 15.4. The number of unbranched alkanes of at least 4 members (excludes halogenated alkanes) is 13. The highest BCUT2D eigenvalue weighted by molar-refractivity contribution is 7.40. The molecule has 0 rings (SSSR count). The molecule has 0 heterocycles. The fourth-order valence-electron chi connectivity index (χ4n) is 6.08. The van der Waals surface area contributed by atoms with Gasteiger partial charge >= 0.3 is 11.9 Å². The highest BCUT2D eigenvalue weighted by Gasteiger charge is 2.21. The molecule has 0 aliphatic carbocycles. The van der Waals surface area contributed by atoms with Crippen molar-refractivity contribution >= 4 is 50.3 Å². The molecule has 0 saturated heterocycles. The Morgan fingerprint density at radius 3 is 1.41 bits per heavy atom. The van der Waals surface area contributed by atoms with Gasteiger partial charge in [0, 0.05) is 38.9 Å². The number of hydrogen-bond acceptors (Lipinski definition) is 12. The van der Waals surface area contributed by atoms with Gasteiger partial charge in [0.25, 0.3) is 0 Å². The van der Waals surface area contributed by atoms with Crippen LogP contribution >= 0.6 is 9.24 Å². The van der Waals surface area contributed by atoms with Gasteiger partial charge in [-0.25, -0.2) is 4.79 Å². The van der Waals surface area contributed by atoms with Gasteiger partial charge in [-0.1, -0.05) is 86.8 Å². The van der Waals surface area contributed by atoms with E-state index in [4.69, 9.17) is 24.1 Å². The monoisotopic (exact) mass is 892 g/mol. The SMILES string of the molecule is CCN[C@@H](CCCCNC(=O)COCCOCCNC(=O)COCCOCCNC(=O)CC[C@H](NC(=O)CCCCCCCCCCCCCCCC(=O)O)C(=O)O)C(=O)P. The number of likely N-dealkylation sites (N-methyl/N-ethyl adjacent to an activating group) is 1. The van der Waals surface area contributed by atoms with Crippen molar-refractivity contribution in [2.24, 2.45) is 0 Å². The van der Waals surface area contributed by atoms with Crippen LogP contribution in [0, 0.1) is 0 Å². The van der Waals surface area contributed by atoms with Crippen LogP contribution in [0.1, 0.15) is 135 Å². The third-order valence-corrected chi connectivity index (χ3v) is 9.87. The van der Waals surface area contributed by atoms with Crippen LogP contribution in [0.25, 0.3) is 0 Å². The van der Waals surface area contributed by atoms with Crippen molar-refractivity contribution in [3.05, 3.63) is 0 Å². The van der Waals surface area contributed by atoms with Crippen LogP contribution in [0.4, 0.5) is 0 Å². The first-order valence-corrected chi connectivity index (χ1v) is 22.9. The number of amides is 4. The largest absolute Gasteiger partial charge is 0.481 e. The highest BCUT2D eigenvalue weighted by Crippen LogP contribution is 2.14. The molecule has 0 radical (unpaired) electrons. The number of aliphatic carboxylic acids is 2.